The predicted octanol–water partition coefficient (Wildman–Crippen LogP) is 3.27. The van der Waals surface area contributed by atoms with E-state index in [2.05, 4.69) is 10.0 Å². The van der Waals surface area contributed by atoms with Crippen molar-refractivity contribution in [2.24, 2.45) is 0 Å². The van der Waals surface area contributed by atoms with Gasteiger partial charge in [-0.15, -0.1) is 0 Å². The smallest absolute Gasteiger partial charge is 0.416 e. The Labute approximate surface area is 160 Å². The van der Waals surface area contributed by atoms with Crippen LogP contribution in [0.2, 0.25) is 0 Å². The van der Waals surface area contributed by atoms with Gasteiger partial charge >= 0.3 is 6.18 Å². The summed E-state index contributed by atoms with van der Waals surface area (Å²) < 4.78 is 69.4. The van der Waals surface area contributed by atoms with Gasteiger partial charge in [0.1, 0.15) is 10.6 Å². The van der Waals surface area contributed by atoms with Crippen LogP contribution in [0.5, 0.6) is 5.75 Å². The van der Waals surface area contributed by atoms with Gasteiger partial charge in [-0.3, -0.25) is 4.79 Å². The first-order chi connectivity index (χ1) is 13.1. The van der Waals surface area contributed by atoms with Crippen LogP contribution in [0, 0.1) is 0 Å². The van der Waals surface area contributed by atoms with Gasteiger partial charge in [0.25, 0.3) is 0 Å². The predicted molar refractivity (Wildman–Crippen MR) is 98.3 cm³/mol. The summed E-state index contributed by atoms with van der Waals surface area (Å²) in [5.41, 5.74) is -0.516. The summed E-state index contributed by atoms with van der Waals surface area (Å²) in [5, 5.41) is 2.32. The summed E-state index contributed by atoms with van der Waals surface area (Å²) in [7, 11) is -1.21. The molecular formula is C18H17F3N2O4S. The zero-order valence-corrected chi connectivity index (χ0v) is 15.7. The molecule has 0 heterocycles. The second-order valence-electron chi connectivity index (χ2n) is 5.52. The molecule has 2 N–H and O–H groups in total. The molecule has 0 bridgehead atoms. The Kier molecular flexibility index (Phi) is 6.47. The lowest BCUT2D eigenvalue weighted by atomic mass is 10.2. The van der Waals surface area contributed by atoms with E-state index in [0.29, 0.717) is 5.56 Å². The Balaban J connectivity index is 2.20. The number of alkyl halides is 3. The molecule has 6 nitrogen and oxygen atoms in total. The van der Waals surface area contributed by atoms with Gasteiger partial charge in [0.05, 0.1) is 12.7 Å². The van der Waals surface area contributed by atoms with Gasteiger partial charge in [-0.1, -0.05) is 12.1 Å². The monoisotopic (exact) mass is 414 g/mol. The molecule has 0 spiro atoms. The van der Waals surface area contributed by atoms with E-state index >= 15 is 0 Å². The molecule has 0 radical (unpaired) electrons. The summed E-state index contributed by atoms with van der Waals surface area (Å²) in [6.07, 6.45) is -2.11. The van der Waals surface area contributed by atoms with Crippen molar-refractivity contribution in [2.75, 3.05) is 19.5 Å². The zero-order valence-electron chi connectivity index (χ0n) is 14.9. The normalized spacial score (nSPS) is 12.2. The lowest BCUT2D eigenvalue weighted by Gasteiger charge is -2.10. The summed E-state index contributed by atoms with van der Waals surface area (Å²) in [6.45, 7) is 0. The van der Waals surface area contributed by atoms with E-state index in [1.54, 1.807) is 0 Å². The standard InChI is InChI=1S/C18H17F3N2O4S/c1-22-28(25,26)16-10-12(6-8-15(16)27-2)7-9-17(24)23-14-5-3-4-13(11-14)18(19,20)21/h3-11,22H,1-2H3,(H,23,24)/b9-7+. The Morgan fingerprint density at radius 1 is 1.14 bits per heavy atom. The number of benzene rings is 2. The maximum Gasteiger partial charge on any atom is 0.416 e. The van der Waals surface area contributed by atoms with Crippen LogP contribution in [0.3, 0.4) is 0 Å². The van der Waals surface area contributed by atoms with Crippen molar-refractivity contribution in [3.05, 3.63) is 59.7 Å². The molecule has 2 rings (SSSR count). The van der Waals surface area contributed by atoms with Crippen LogP contribution in [-0.2, 0) is 21.0 Å². The van der Waals surface area contributed by atoms with Crippen LogP contribution < -0.4 is 14.8 Å². The second-order valence-corrected chi connectivity index (χ2v) is 7.37. The first-order valence-corrected chi connectivity index (χ1v) is 9.33. The van der Waals surface area contributed by atoms with Gasteiger partial charge in [-0.25, -0.2) is 13.1 Å². The molecule has 0 atom stereocenters. The van der Waals surface area contributed by atoms with Gasteiger partial charge < -0.3 is 10.1 Å². The number of carbonyl (C=O) groups excluding carboxylic acids is 1. The van der Waals surface area contributed by atoms with Crippen LogP contribution in [0.1, 0.15) is 11.1 Å². The van der Waals surface area contributed by atoms with E-state index in [9.17, 15) is 26.4 Å². The van der Waals surface area contributed by atoms with Crippen molar-refractivity contribution in [3.63, 3.8) is 0 Å². The van der Waals surface area contributed by atoms with Gasteiger partial charge in [0, 0.05) is 11.8 Å². The number of sulfonamides is 1. The number of methoxy groups -OCH3 is 1. The van der Waals surface area contributed by atoms with Crippen LogP contribution in [0.25, 0.3) is 6.08 Å². The highest BCUT2D eigenvalue weighted by Gasteiger charge is 2.30. The summed E-state index contributed by atoms with van der Waals surface area (Å²) >= 11 is 0. The quantitative estimate of drug-likeness (QED) is 0.711. The number of ether oxygens (including phenoxy) is 1. The van der Waals surface area contributed by atoms with Crippen LogP contribution >= 0.6 is 0 Å². The van der Waals surface area contributed by atoms with E-state index in [4.69, 9.17) is 4.74 Å². The van der Waals surface area contributed by atoms with Crippen molar-refractivity contribution < 1.29 is 31.1 Å². The molecule has 0 aliphatic carbocycles. The third-order valence-corrected chi connectivity index (χ3v) is 5.07. The molecule has 150 valence electrons. The molecule has 0 saturated heterocycles. The number of halogens is 3. The number of nitrogens with one attached hydrogen (secondary N) is 2. The lowest BCUT2D eigenvalue weighted by molar-refractivity contribution is -0.137. The van der Waals surface area contributed by atoms with Crippen molar-refractivity contribution in [1.82, 2.24) is 4.72 Å². The molecule has 10 heteroatoms. The van der Waals surface area contributed by atoms with Crippen molar-refractivity contribution in [3.8, 4) is 5.75 Å². The maximum absolute atomic E-state index is 12.7. The zero-order chi connectivity index (χ0) is 20.9. The average Bonchev–Trinajstić information content (AvgIpc) is 2.65. The Bertz CT molecular complexity index is 1000. The highest BCUT2D eigenvalue weighted by molar-refractivity contribution is 7.89. The van der Waals surface area contributed by atoms with E-state index < -0.39 is 27.7 Å². The molecule has 28 heavy (non-hydrogen) atoms. The number of hydrogen-bond donors (Lipinski definition) is 2. The maximum atomic E-state index is 12.7. The number of anilines is 1. The van der Waals surface area contributed by atoms with Gasteiger partial charge in [-0.2, -0.15) is 13.2 Å². The fraction of sp³-hybridized carbons (Fsp3) is 0.167. The Morgan fingerprint density at radius 3 is 2.46 bits per heavy atom. The number of rotatable bonds is 6. The molecule has 0 aliphatic rings. The van der Waals surface area contributed by atoms with Crippen molar-refractivity contribution in [2.45, 2.75) is 11.1 Å². The van der Waals surface area contributed by atoms with E-state index in [0.717, 1.165) is 18.2 Å². The van der Waals surface area contributed by atoms with Gasteiger partial charge in [-0.05, 0) is 49.0 Å². The molecule has 2 aromatic carbocycles. The van der Waals surface area contributed by atoms with Gasteiger partial charge in [0.15, 0.2) is 0 Å². The molecule has 0 unspecified atom stereocenters. The molecule has 1 amide bonds. The number of hydrogen-bond acceptors (Lipinski definition) is 4. The van der Waals surface area contributed by atoms with Crippen LogP contribution in [-0.4, -0.2) is 28.5 Å². The highest BCUT2D eigenvalue weighted by Crippen LogP contribution is 2.30. The summed E-state index contributed by atoms with van der Waals surface area (Å²) in [5.74, 6) is -0.548. The highest BCUT2D eigenvalue weighted by atomic mass is 32.2. The van der Waals surface area contributed by atoms with Crippen LogP contribution in [0.15, 0.2) is 53.4 Å². The fourth-order valence-corrected chi connectivity index (χ4v) is 3.17. The minimum Gasteiger partial charge on any atom is -0.495 e. The summed E-state index contributed by atoms with van der Waals surface area (Å²) in [6, 6.07) is 8.48. The third kappa shape index (κ3) is 5.33. The third-order valence-electron chi connectivity index (χ3n) is 3.63. The molecule has 0 aromatic heterocycles. The second kappa shape index (κ2) is 8.44. The largest absolute Gasteiger partial charge is 0.495 e. The van der Waals surface area contributed by atoms with Gasteiger partial charge in [0.2, 0.25) is 15.9 Å². The first kappa shape index (κ1) is 21.5. The minimum atomic E-state index is -4.52. The van der Waals surface area contributed by atoms with E-state index in [-0.39, 0.29) is 16.3 Å². The minimum absolute atomic E-state index is 0.0161. The number of carbonyl (C=O) groups is 1. The van der Waals surface area contributed by atoms with Crippen molar-refractivity contribution >= 4 is 27.7 Å². The Morgan fingerprint density at radius 2 is 1.86 bits per heavy atom. The fourth-order valence-electron chi connectivity index (χ4n) is 2.25. The molecule has 0 fully saturated rings. The topological polar surface area (TPSA) is 84.5 Å². The Hall–Kier alpha value is -2.85. The molecule has 0 saturated carbocycles. The van der Waals surface area contributed by atoms with E-state index in [1.807, 2.05) is 0 Å². The number of amides is 1. The van der Waals surface area contributed by atoms with Crippen molar-refractivity contribution in [1.29, 1.82) is 0 Å². The first-order valence-electron chi connectivity index (χ1n) is 7.85. The van der Waals surface area contributed by atoms with E-state index in [1.165, 1.54) is 50.6 Å². The molecule has 2 aromatic rings. The lowest BCUT2D eigenvalue weighted by Crippen LogP contribution is -2.19. The average molecular weight is 414 g/mol. The van der Waals surface area contributed by atoms with Crippen LogP contribution in [0.4, 0.5) is 18.9 Å². The summed E-state index contributed by atoms with van der Waals surface area (Å²) in [4.78, 5) is 11.9. The molecular weight excluding hydrogens is 397 g/mol. The molecule has 0 aliphatic heterocycles. The SMILES string of the molecule is CNS(=O)(=O)c1cc(/C=C/C(=O)Nc2cccc(C(F)(F)F)c2)ccc1OC.